The maximum atomic E-state index is 12.0. The molecule has 1 atom stereocenters. The summed E-state index contributed by atoms with van der Waals surface area (Å²) in [6, 6.07) is 1.96. The first-order chi connectivity index (χ1) is 8.47. The second-order valence-corrected chi connectivity index (χ2v) is 6.24. The Bertz CT molecular complexity index is 504. The van der Waals surface area contributed by atoms with Crippen LogP contribution < -0.4 is 10.0 Å². The predicted molar refractivity (Wildman–Crippen MR) is 67.7 cm³/mol. The highest BCUT2D eigenvalue weighted by atomic mass is 32.2. The number of hydrogen-bond donors (Lipinski definition) is 2. The molecule has 2 rings (SSSR count). The summed E-state index contributed by atoms with van der Waals surface area (Å²) >= 11 is 0. The van der Waals surface area contributed by atoms with Crippen LogP contribution in [-0.2, 0) is 10.0 Å². The Labute approximate surface area is 107 Å². The molecule has 1 unspecified atom stereocenters. The van der Waals surface area contributed by atoms with E-state index >= 15 is 0 Å². The van der Waals surface area contributed by atoms with Gasteiger partial charge in [0.25, 0.3) is 15.2 Å². The molecular weight excluding hydrogens is 252 g/mol. The van der Waals surface area contributed by atoms with Crippen LogP contribution in [0.5, 0.6) is 0 Å². The van der Waals surface area contributed by atoms with E-state index in [0.29, 0.717) is 17.9 Å². The molecule has 0 bridgehead atoms. The van der Waals surface area contributed by atoms with E-state index in [9.17, 15) is 8.42 Å². The molecule has 0 radical (unpaired) electrons. The first-order valence-electron chi connectivity index (χ1n) is 6.03. The van der Waals surface area contributed by atoms with Crippen LogP contribution in [0.15, 0.2) is 11.2 Å². The van der Waals surface area contributed by atoms with Gasteiger partial charge in [0.1, 0.15) is 0 Å². The molecule has 0 aromatic carbocycles. The van der Waals surface area contributed by atoms with Gasteiger partial charge in [-0.25, -0.2) is 23.1 Å². The average molecular weight is 270 g/mol. The van der Waals surface area contributed by atoms with Crippen LogP contribution in [0.2, 0.25) is 0 Å². The zero-order valence-electron chi connectivity index (χ0n) is 10.6. The van der Waals surface area contributed by atoms with E-state index in [4.69, 9.17) is 0 Å². The summed E-state index contributed by atoms with van der Waals surface area (Å²) in [7, 11) is -3.60. The second kappa shape index (κ2) is 5.29. The van der Waals surface area contributed by atoms with E-state index in [0.717, 1.165) is 19.4 Å². The maximum absolute atomic E-state index is 12.0. The number of sulfonamides is 1. The van der Waals surface area contributed by atoms with Crippen molar-refractivity contribution in [2.75, 3.05) is 13.1 Å². The Morgan fingerprint density at radius 3 is 2.61 bits per heavy atom. The van der Waals surface area contributed by atoms with E-state index in [1.807, 2.05) is 0 Å². The smallest absolute Gasteiger partial charge is 0.276 e. The van der Waals surface area contributed by atoms with E-state index in [1.165, 1.54) is 0 Å². The zero-order valence-corrected chi connectivity index (χ0v) is 11.4. The van der Waals surface area contributed by atoms with Gasteiger partial charge in [0.15, 0.2) is 0 Å². The first kappa shape index (κ1) is 13.4. The van der Waals surface area contributed by atoms with Gasteiger partial charge in [0.2, 0.25) is 0 Å². The Hall–Kier alpha value is -1.05. The van der Waals surface area contributed by atoms with Crippen molar-refractivity contribution < 1.29 is 8.42 Å². The number of aromatic nitrogens is 2. The van der Waals surface area contributed by atoms with E-state index in [1.54, 1.807) is 19.9 Å². The van der Waals surface area contributed by atoms with Gasteiger partial charge in [-0.3, -0.25) is 0 Å². The lowest BCUT2D eigenvalue weighted by Gasteiger charge is -2.11. The van der Waals surface area contributed by atoms with Gasteiger partial charge in [-0.1, -0.05) is 0 Å². The lowest BCUT2D eigenvalue weighted by Crippen LogP contribution is -2.37. The number of nitrogens with zero attached hydrogens (tertiary/aromatic N) is 2. The summed E-state index contributed by atoms with van der Waals surface area (Å²) in [5.41, 5.74) is 1.31. The molecule has 1 aliphatic rings. The van der Waals surface area contributed by atoms with Crippen LogP contribution in [0.3, 0.4) is 0 Å². The third kappa shape index (κ3) is 3.24. The molecule has 6 nitrogen and oxygen atoms in total. The van der Waals surface area contributed by atoms with Crippen LogP contribution in [0.1, 0.15) is 24.2 Å². The van der Waals surface area contributed by atoms with Gasteiger partial charge in [-0.2, -0.15) is 0 Å². The quantitative estimate of drug-likeness (QED) is 0.759. The van der Waals surface area contributed by atoms with Crippen molar-refractivity contribution in [1.29, 1.82) is 0 Å². The topological polar surface area (TPSA) is 84.0 Å². The molecule has 1 aromatic heterocycles. The molecule has 0 aliphatic carbocycles. The van der Waals surface area contributed by atoms with E-state index in [-0.39, 0.29) is 11.2 Å². The lowest BCUT2D eigenvalue weighted by atomic mass is 10.2. The summed E-state index contributed by atoms with van der Waals surface area (Å²) < 4.78 is 26.6. The van der Waals surface area contributed by atoms with Gasteiger partial charge in [-0.15, -0.1) is 0 Å². The minimum absolute atomic E-state index is 0.141. The minimum Gasteiger partial charge on any atom is -0.313 e. The predicted octanol–water partition coefficient (Wildman–Crippen LogP) is 0.124. The van der Waals surface area contributed by atoms with Crippen molar-refractivity contribution >= 4 is 10.0 Å². The number of aryl methyl sites for hydroxylation is 2. The summed E-state index contributed by atoms with van der Waals surface area (Å²) in [6.45, 7) is 4.85. The molecule has 1 saturated heterocycles. The minimum atomic E-state index is -3.60. The Morgan fingerprint density at radius 1 is 1.39 bits per heavy atom. The molecule has 2 heterocycles. The molecule has 100 valence electrons. The van der Waals surface area contributed by atoms with Gasteiger partial charge in [-0.05, 0) is 39.3 Å². The monoisotopic (exact) mass is 270 g/mol. The molecule has 1 aliphatic heterocycles. The zero-order chi connectivity index (χ0) is 13.2. The Balaban J connectivity index is 2.09. The third-order valence-electron chi connectivity index (χ3n) is 2.88. The van der Waals surface area contributed by atoms with Gasteiger partial charge in [0, 0.05) is 24.0 Å². The molecule has 1 fully saturated rings. The fourth-order valence-corrected chi connectivity index (χ4v) is 3.10. The van der Waals surface area contributed by atoms with Crippen LogP contribution in [-0.4, -0.2) is 37.5 Å². The number of nitrogens with one attached hydrogen (secondary N) is 2. The van der Waals surface area contributed by atoms with Crippen molar-refractivity contribution in [3.05, 3.63) is 17.5 Å². The van der Waals surface area contributed by atoms with Crippen LogP contribution >= 0.6 is 0 Å². The SMILES string of the molecule is Cc1cc(C)nc(S(=O)(=O)NCC2CCCN2)n1. The first-order valence-corrected chi connectivity index (χ1v) is 7.51. The highest BCUT2D eigenvalue weighted by Crippen LogP contribution is 2.07. The number of rotatable bonds is 4. The van der Waals surface area contributed by atoms with Crippen molar-refractivity contribution in [3.63, 3.8) is 0 Å². The Kier molecular flexibility index (Phi) is 3.94. The molecule has 1 aromatic rings. The van der Waals surface area contributed by atoms with E-state index < -0.39 is 10.0 Å². The largest absolute Gasteiger partial charge is 0.313 e. The summed E-state index contributed by atoms with van der Waals surface area (Å²) in [5.74, 6) is 0. The van der Waals surface area contributed by atoms with Crippen LogP contribution in [0.25, 0.3) is 0 Å². The maximum Gasteiger partial charge on any atom is 0.276 e. The van der Waals surface area contributed by atoms with Crippen LogP contribution in [0, 0.1) is 13.8 Å². The van der Waals surface area contributed by atoms with Crippen molar-refractivity contribution in [3.8, 4) is 0 Å². The summed E-state index contributed by atoms with van der Waals surface area (Å²) in [5, 5.41) is 3.09. The van der Waals surface area contributed by atoms with Gasteiger partial charge < -0.3 is 5.32 Å². The standard InChI is InChI=1S/C11H18N4O2S/c1-8-6-9(2)15-11(14-8)18(16,17)13-7-10-4-3-5-12-10/h6,10,12-13H,3-5,7H2,1-2H3. The average Bonchev–Trinajstić information content (AvgIpc) is 2.78. The second-order valence-electron chi connectivity index (χ2n) is 4.58. The Morgan fingerprint density at radius 2 is 2.06 bits per heavy atom. The fraction of sp³-hybridized carbons (Fsp3) is 0.636. The summed E-state index contributed by atoms with van der Waals surface area (Å²) in [6.07, 6.45) is 2.09. The lowest BCUT2D eigenvalue weighted by molar-refractivity contribution is 0.544. The van der Waals surface area contributed by atoms with E-state index in [2.05, 4.69) is 20.0 Å². The van der Waals surface area contributed by atoms with Gasteiger partial charge >= 0.3 is 0 Å². The van der Waals surface area contributed by atoms with Crippen molar-refractivity contribution in [2.24, 2.45) is 0 Å². The fourth-order valence-electron chi connectivity index (χ4n) is 2.02. The normalized spacial score (nSPS) is 20.2. The van der Waals surface area contributed by atoms with Crippen LogP contribution in [0.4, 0.5) is 0 Å². The highest BCUT2D eigenvalue weighted by Gasteiger charge is 2.21. The molecule has 2 N–H and O–H groups in total. The molecule has 0 saturated carbocycles. The molecular formula is C11H18N4O2S. The molecule has 0 spiro atoms. The summed E-state index contributed by atoms with van der Waals surface area (Å²) in [4.78, 5) is 7.94. The van der Waals surface area contributed by atoms with Crippen molar-refractivity contribution in [1.82, 2.24) is 20.0 Å². The number of hydrogen-bond acceptors (Lipinski definition) is 5. The van der Waals surface area contributed by atoms with Gasteiger partial charge in [0.05, 0.1) is 0 Å². The third-order valence-corrected chi connectivity index (χ3v) is 4.09. The molecule has 7 heteroatoms. The molecule has 18 heavy (non-hydrogen) atoms. The van der Waals surface area contributed by atoms with Crippen molar-refractivity contribution in [2.45, 2.75) is 37.9 Å². The highest BCUT2D eigenvalue weighted by molar-refractivity contribution is 7.89. The molecule has 0 amide bonds.